The van der Waals surface area contributed by atoms with Gasteiger partial charge in [0, 0.05) is 17.5 Å². The molecule has 0 aliphatic heterocycles. The van der Waals surface area contributed by atoms with Crippen molar-refractivity contribution < 1.29 is 21.0 Å². The summed E-state index contributed by atoms with van der Waals surface area (Å²) in [7, 11) is 0. The first-order valence-electron chi connectivity index (χ1n) is 8.23. The first-order valence-corrected chi connectivity index (χ1v) is 7.23. The molecule has 0 bridgehead atoms. The van der Waals surface area contributed by atoms with Crippen molar-refractivity contribution in [3.8, 4) is 0 Å². The number of aromatic nitrogens is 5. The summed E-state index contributed by atoms with van der Waals surface area (Å²) >= 11 is 0. The molecule has 25 heavy (non-hydrogen) atoms. The summed E-state index contributed by atoms with van der Waals surface area (Å²) in [4.78, 5) is 10.8. The topological polar surface area (TPSA) is 76.7 Å². The van der Waals surface area contributed by atoms with E-state index in [1.54, 1.807) is 0 Å². The summed E-state index contributed by atoms with van der Waals surface area (Å²) in [6.07, 6.45) is 1.05. The SMILES string of the molecule is [2H]c1nc([2H])n(C[C@](O)(c2ccc(F)cc2F)[C@@H](C)c2ncncc2F)n1. The van der Waals surface area contributed by atoms with Crippen LogP contribution in [0.2, 0.25) is 0 Å². The molecule has 2 atom stereocenters. The average molecular weight is 351 g/mol. The summed E-state index contributed by atoms with van der Waals surface area (Å²) in [5.74, 6) is -3.87. The molecule has 3 aromatic rings. The van der Waals surface area contributed by atoms with Crippen LogP contribution >= 0.6 is 0 Å². The predicted molar refractivity (Wildman–Crippen MR) is 80.7 cm³/mol. The van der Waals surface area contributed by atoms with Crippen LogP contribution in [-0.2, 0) is 12.1 Å². The average Bonchev–Trinajstić information content (AvgIpc) is 2.91. The molecule has 0 spiro atoms. The molecular weight excluding hydrogens is 335 g/mol. The highest BCUT2D eigenvalue weighted by molar-refractivity contribution is 5.30. The van der Waals surface area contributed by atoms with Gasteiger partial charge in [0.2, 0.25) is 0 Å². The first-order chi connectivity index (χ1) is 12.7. The molecule has 0 radical (unpaired) electrons. The van der Waals surface area contributed by atoms with E-state index < -0.39 is 48.1 Å². The Labute approximate surface area is 143 Å². The van der Waals surface area contributed by atoms with Crippen LogP contribution in [0.1, 0.15) is 26.8 Å². The molecule has 130 valence electrons. The molecule has 0 saturated heterocycles. The standard InChI is InChI=1S/C16H14F3N5O/c1-10(15-14(19)5-20-7-22-15)16(25,6-24-9-21-8-23-24)12-3-2-11(17)4-13(12)18/h2-5,7-10,25H,6H2,1H3/t10-,16+/m0/s1/i8D,9D. The minimum Gasteiger partial charge on any atom is -0.382 e. The lowest BCUT2D eigenvalue weighted by Gasteiger charge is -2.34. The van der Waals surface area contributed by atoms with Crippen molar-refractivity contribution in [1.82, 2.24) is 24.7 Å². The Morgan fingerprint density at radius 1 is 1.28 bits per heavy atom. The van der Waals surface area contributed by atoms with Crippen LogP contribution in [-0.4, -0.2) is 29.8 Å². The van der Waals surface area contributed by atoms with Gasteiger partial charge < -0.3 is 5.11 Å². The summed E-state index contributed by atoms with van der Waals surface area (Å²) in [6.45, 7) is 0.862. The Balaban J connectivity index is 2.16. The minimum atomic E-state index is -2.18. The van der Waals surface area contributed by atoms with Gasteiger partial charge in [-0.2, -0.15) is 5.10 Å². The normalized spacial score (nSPS) is 16.0. The van der Waals surface area contributed by atoms with Crippen LogP contribution < -0.4 is 0 Å². The maximum absolute atomic E-state index is 14.5. The third kappa shape index (κ3) is 3.22. The van der Waals surface area contributed by atoms with Gasteiger partial charge in [-0.15, -0.1) is 0 Å². The number of halogens is 3. The van der Waals surface area contributed by atoms with E-state index in [4.69, 9.17) is 2.74 Å². The van der Waals surface area contributed by atoms with Gasteiger partial charge in [0.25, 0.3) is 0 Å². The Hall–Kier alpha value is -2.81. The molecule has 0 fully saturated rings. The highest BCUT2D eigenvalue weighted by atomic mass is 19.1. The van der Waals surface area contributed by atoms with Crippen LogP contribution in [0.5, 0.6) is 0 Å². The fourth-order valence-corrected chi connectivity index (χ4v) is 2.64. The Kier molecular flexibility index (Phi) is 3.83. The monoisotopic (exact) mass is 351 g/mol. The molecule has 0 aliphatic carbocycles. The van der Waals surface area contributed by atoms with E-state index >= 15 is 0 Å². The third-order valence-corrected chi connectivity index (χ3v) is 3.99. The van der Waals surface area contributed by atoms with E-state index in [0.29, 0.717) is 6.07 Å². The maximum Gasteiger partial charge on any atom is 0.163 e. The summed E-state index contributed by atoms with van der Waals surface area (Å²) in [5.41, 5.74) is -2.71. The fraction of sp³-hybridized carbons (Fsp3) is 0.250. The first kappa shape index (κ1) is 14.5. The van der Waals surface area contributed by atoms with Crippen LogP contribution in [0.3, 0.4) is 0 Å². The number of nitrogens with zero attached hydrogens (tertiary/aromatic N) is 5. The molecule has 0 unspecified atom stereocenters. The van der Waals surface area contributed by atoms with Gasteiger partial charge in [-0.1, -0.05) is 13.0 Å². The second-order valence-corrected chi connectivity index (χ2v) is 5.50. The molecule has 9 heteroatoms. The molecular formula is C16H14F3N5O. The van der Waals surface area contributed by atoms with Crippen molar-refractivity contribution in [2.75, 3.05) is 0 Å². The van der Waals surface area contributed by atoms with Gasteiger partial charge in [0.15, 0.2) is 5.82 Å². The molecule has 3 rings (SSSR count). The van der Waals surface area contributed by atoms with Crippen LogP contribution in [0.4, 0.5) is 13.2 Å². The second-order valence-electron chi connectivity index (χ2n) is 5.50. The maximum atomic E-state index is 14.5. The Morgan fingerprint density at radius 2 is 2.08 bits per heavy atom. The van der Waals surface area contributed by atoms with Crippen LogP contribution in [0.15, 0.2) is 43.3 Å². The summed E-state index contributed by atoms with van der Waals surface area (Å²) in [6, 6.07) is 2.57. The van der Waals surface area contributed by atoms with E-state index in [9.17, 15) is 18.3 Å². The minimum absolute atomic E-state index is 0.200. The van der Waals surface area contributed by atoms with Crippen LogP contribution in [0.25, 0.3) is 0 Å². The zero-order chi connectivity index (χ0) is 19.8. The van der Waals surface area contributed by atoms with Gasteiger partial charge >= 0.3 is 0 Å². The highest BCUT2D eigenvalue weighted by Crippen LogP contribution is 2.39. The van der Waals surface area contributed by atoms with E-state index in [0.717, 1.165) is 29.3 Å². The Bertz CT molecular complexity index is 986. The second kappa shape index (κ2) is 6.60. The zero-order valence-electron chi connectivity index (χ0n) is 15.0. The quantitative estimate of drug-likeness (QED) is 0.762. The molecule has 0 amide bonds. The van der Waals surface area contributed by atoms with Gasteiger partial charge in [-0.05, 0) is 6.07 Å². The van der Waals surface area contributed by atoms with Crippen molar-refractivity contribution >= 4 is 0 Å². The smallest absolute Gasteiger partial charge is 0.163 e. The van der Waals surface area contributed by atoms with Gasteiger partial charge in [0.1, 0.15) is 38.9 Å². The van der Waals surface area contributed by atoms with Gasteiger partial charge in [-0.3, -0.25) is 0 Å². The van der Waals surface area contributed by atoms with E-state index in [1.807, 2.05) is 0 Å². The van der Waals surface area contributed by atoms with Crippen molar-refractivity contribution in [2.45, 2.75) is 25.0 Å². The van der Waals surface area contributed by atoms with Crippen molar-refractivity contribution in [3.05, 3.63) is 72.0 Å². The number of aliphatic hydroxyl groups is 1. The van der Waals surface area contributed by atoms with Crippen molar-refractivity contribution in [3.63, 3.8) is 0 Å². The number of rotatable bonds is 5. The highest BCUT2D eigenvalue weighted by Gasteiger charge is 2.41. The lowest BCUT2D eigenvalue weighted by atomic mass is 9.79. The van der Waals surface area contributed by atoms with Gasteiger partial charge in [0.05, 0.1) is 18.4 Å². The van der Waals surface area contributed by atoms with Crippen molar-refractivity contribution in [1.29, 1.82) is 0 Å². The molecule has 0 aliphatic rings. The van der Waals surface area contributed by atoms with Gasteiger partial charge in [-0.25, -0.2) is 32.8 Å². The van der Waals surface area contributed by atoms with Crippen molar-refractivity contribution in [2.24, 2.45) is 0 Å². The molecule has 1 N–H and O–H groups in total. The lowest BCUT2D eigenvalue weighted by Crippen LogP contribution is -2.39. The predicted octanol–water partition coefficient (Wildman–Crippen LogP) is 2.18. The van der Waals surface area contributed by atoms with E-state index in [1.165, 1.54) is 6.92 Å². The van der Waals surface area contributed by atoms with Crippen LogP contribution in [0, 0.1) is 17.5 Å². The van der Waals surface area contributed by atoms with E-state index in [2.05, 4.69) is 20.1 Å². The molecule has 1 aromatic carbocycles. The molecule has 0 saturated carbocycles. The molecule has 2 heterocycles. The Morgan fingerprint density at radius 3 is 2.72 bits per heavy atom. The molecule has 2 aromatic heterocycles. The number of benzene rings is 1. The molecule has 6 nitrogen and oxygen atoms in total. The van der Waals surface area contributed by atoms with E-state index in [-0.39, 0.29) is 11.3 Å². The zero-order valence-corrected chi connectivity index (χ0v) is 13.0. The number of hydrogen-bond acceptors (Lipinski definition) is 5. The number of hydrogen-bond donors (Lipinski definition) is 1. The largest absolute Gasteiger partial charge is 0.382 e. The fourth-order valence-electron chi connectivity index (χ4n) is 2.64. The summed E-state index contributed by atoms with van der Waals surface area (Å²) in [5, 5.41) is 15.0. The third-order valence-electron chi connectivity index (χ3n) is 3.99. The lowest BCUT2D eigenvalue weighted by molar-refractivity contribution is -0.0133. The summed E-state index contributed by atoms with van der Waals surface area (Å²) < 4.78 is 58.0.